The highest BCUT2D eigenvalue weighted by molar-refractivity contribution is 5.92. The highest BCUT2D eigenvalue weighted by Crippen LogP contribution is 2.10. The molecule has 2 rings (SSSR count). The van der Waals surface area contributed by atoms with Crippen LogP contribution in [0.15, 0.2) is 48.5 Å². The molecule has 2 aromatic carbocycles. The van der Waals surface area contributed by atoms with E-state index in [1.165, 1.54) is 5.56 Å². The Labute approximate surface area is 147 Å². The van der Waals surface area contributed by atoms with Gasteiger partial charge < -0.3 is 10.6 Å². The molecule has 2 N–H and O–H groups in total. The number of nitrogens with one attached hydrogen (secondary N) is 2. The summed E-state index contributed by atoms with van der Waals surface area (Å²) in [6, 6.07) is 17.1. The first kappa shape index (κ1) is 18.2. The van der Waals surface area contributed by atoms with Gasteiger partial charge in [-0.2, -0.15) is 5.26 Å². The minimum Gasteiger partial charge on any atom is -0.352 e. The average molecular weight is 335 g/mol. The number of hydrogen-bond acceptors (Lipinski definition) is 3. The Balaban J connectivity index is 1.76. The van der Waals surface area contributed by atoms with Crippen LogP contribution in [0.3, 0.4) is 0 Å². The van der Waals surface area contributed by atoms with Crippen LogP contribution in [0.25, 0.3) is 0 Å². The minimum atomic E-state index is -0.334. The molecule has 0 aromatic heterocycles. The highest BCUT2D eigenvalue weighted by atomic mass is 16.2. The van der Waals surface area contributed by atoms with E-state index >= 15 is 0 Å². The molecular formula is C20H21N3O2. The molecule has 5 nitrogen and oxygen atoms in total. The van der Waals surface area contributed by atoms with Gasteiger partial charge in [0.2, 0.25) is 11.8 Å². The van der Waals surface area contributed by atoms with Gasteiger partial charge in [-0.05, 0) is 36.6 Å². The van der Waals surface area contributed by atoms with Gasteiger partial charge in [0.15, 0.2) is 0 Å². The molecule has 0 radical (unpaired) electrons. The van der Waals surface area contributed by atoms with E-state index in [-0.39, 0.29) is 18.2 Å². The van der Waals surface area contributed by atoms with Gasteiger partial charge in [0.25, 0.3) is 0 Å². The van der Waals surface area contributed by atoms with Gasteiger partial charge in [-0.3, -0.25) is 9.59 Å². The van der Waals surface area contributed by atoms with E-state index in [4.69, 9.17) is 5.26 Å². The van der Waals surface area contributed by atoms with Gasteiger partial charge in [0.1, 0.15) is 6.42 Å². The van der Waals surface area contributed by atoms with Crippen molar-refractivity contribution in [3.05, 3.63) is 65.2 Å². The molecule has 128 valence electrons. The van der Waals surface area contributed by atoms with E-state index in [1.54, 1.807) is 18.2 Å². The molecule has 0 bridgehead atoms. The summed E-state index contributed by atoms with van der Waals surface area (Å²) >= 11 is 0. The van der Waals surface area contributed by atoms with Crippen molar-refractivity contribution >= 4 is 17.5 Å². The molecule has 0 atom stereocenters. The molecule has 2 amide bonds. The Morgan fingerprint density at radius 3 is 2.48 bits per heavy atom. The molecule has 0 saturated heterocycles. The summed E-state index contributed by atoms with van der Waals surface area (Å²) in [5.74, 6) is -0.326. The molecule has 0 saturated carbocycles. The van der Waals surface area contributed by atoms with Crippen LogP contribution in [-0.4, -0.2) is 11.8 Å². The molecule has 0 unspecified atom stereocenters. The summed E-state index contributed by atoms with van der Waals surface area (Å²) in [7, 11) is 0. The van der Waals surface area contributed by atoms with Gasteiger partial charge in [-0.1, -0.05) is 42.0 Å². The Bertz CT molecular complexity index is 776. The van der Waals surface area contributed by atoms with Crippen molar-refractivity contribution in [1.29, 1.82) is 5.26 Å². The van der Waals surface area contributed by atoms with Crippen LogP contribution in [0.2, 0.25) is 0 Å². The molecule has 0 aliphatic rings. The van der Waals surface area contributed by atoms with Crippen LogP contribution in [-0.2, 0) is 22.6 Å². The highest BCUT2D eigenvalue weighted by Gasteiger charge is 2.04. The standard InChI is InChI=1S/C20H21N3O2/c1-15-3-2-4-16(13-15)7-10-19(24)22-14-17-5-8-18(9-6-17)23-20(25)11-12-21/h2-6,8-9,13H,7,10-11,14H2,1H3,(H,22,24)(H,23,25). The Morgan fingerprint density at radius 1 is 1.04 bits per heavy atom. The third-order valence-corrected chi connectivity index (χ3v) is 3.69. The molecule has 0 aliphatic heterocycles. The summed E-state index contributed by atoms with van der Waals surface area (Å²) in [6.07, 6.45) is 1.00. The molecule has 0 aliphatic carbocycles. The zero-order chi connectivity index (χ0) is 18.1. The molecule has 0 heterocycles. The molecule has 0 fully saturated rings. The van der Waals surface area contributed by atoms with Crippen LogP contribution < -0.4 is 10.6 Å². The minimum absolute atomic E-state index is 0.00732. The van der Waals surface area contributed by atoms with Crippen molar-refractivity contribution in [1.82, 2.24) is 5.32 Å². The summed E-state index contributed by atoms with van der Waals surface area (Å²) in [6.45, 7) is 2.48. The van der Waals surface area contributed by atoms with E-state index in [9.17, 15) is 9.59 Å². The van der Waals surface area contributed by atoms with Crippen LogP contribution in [0, 0.1) is 18.3 Å². The first-order chi connectivity index (χ1) is 12.1. The largest absolute Gasteiger partial charge is 0.352 e. The fraction of sp³-hybridized carbons (Fsp3) is 0.250. The van der Waals surface area contributed by atoms with Crippen molar-refractivity contribution in [2.75, 3.05) is 5.32 Å². The number of amides is 2. The van der Waals surface area contributed by atoms with Crippen molar-refractivity contribution in [3.63, 3.8) is 0 Å². The normalized spacial score (nSPS) is 9.92. The fourth-order valence-electron chi connectivity index (χ4n) is 2.40. The van der Waals surface area contributed by atoms with E-state index in [0.717, 1.165) is 17.5 Å². The first-order valence-corrected chi connectivity index (χ1v) is 8.15. The van der Waals surface area contributed by atoms with Gasteiger partial charge >= 0.3 is 0 Å². The third-order valence-electron chi connectivity index (χ3n) is 3.69. The van der Waals surface area contributed by atoms with E-state index in [2.05, 4.69) is 16.7 Å². The third kappa shape index (κ3) is 6.48. The predicted molar refractivity (Wildman–Crippen MR) is 96.6 cm³/mol. The summed E-state index contributed by atoms with van der Waals surface area (Å²) < 4.78 is 0. The lowest BCUT2D eigenvalue weighted by Crippen LogP contribution is -2.23. The lowest BCUT2D eigenvalue weighted by Gasteiger charge is -2.07. The number of carbonyl (C=O) groups is 2. The number of benzene rings is 2. The second kappa shape index (κ2) is 9.24. The van der Waals surface area contributed by atoms with E-state index in [1.807, 2.05) is 37.3 Å². The summed E-state index contributed by atoms with van der Waals surface area (Å²) in [5, 5.41) is 14.0. The number of nitriles is 1. The Kier molecular flexibility index (Phi) is 6.73. The maximum absolute atomic E-state index is 12.0. The van der Waals surface area contributed by atoms with E-state index in [0.29, 0.717) is 18.7 Å². The van der Waals surface area contributed by atoms with Gasteiger partial charge in [0.05, 0.1) is 6.07 Å². The molecule has 0 spiro atoms. The lowest BCUT2D eigenvalue weighted by atomic mass is 10.1. The maximum Gasteiger partial charge on any atom is 0.238 e. The fourth-order valence-corrected chi connectivity index (χ4v) is 2.40. The predicted octanol–water partition coefficient (Wildman–Crippen LogP) is 3.10. The second-order valence-corrected chi connectivity index (χ2v) is 5.85. The van der Waals surface area contributed by atoms with Gasteiger partial charge in [0, 0.05) is 18.7 Å². The second-order valence-electron chi connectivity index (χ2n) is 5.85. The number of nitrogens with zero attached hydrogens (tertiary/aromatic N) is 1. The number of hydrogen-bond donors (Lipinski definition) is 2. The number of carbonyl (C=O) groups excluding carboxylic acids is 2. The Morgan fingerprint density at radius 2 is 1.80 bits per heavy atom. The molecule has 25 heavy (non-hydrogen) atoms. The smallest absolute Gasteiger partial charge is 0.238 e. The Hall–Kier alpha value is -3.13. The van der Waals surface area contributed by atoms with Crippen molar-refractivity contribution in [2.45, 2.75) is 32.7 Å². The number of rotatable bonds is 7. The molecule has 2 aromatic rings. The summed E-state index contributed by atoms with van der Waals surface area (Å²) in [4.78, 5) is 23.3. The molecule has 5 heteroatoms. The van der Waals surface area contributed by atoms with Crippen molar-refractivity contribution in [3.8, 4) is 6.07 Å². The average Bonchev–Trinajstić information content (AvgIpc) is 2.59. The zero-order valence-corrected chi connectivity index (χ0v) is 14.2. The number of aryl methyl sites for hydroxylation is 2. The SMILES string of the molecule is Cc1cccc(CCC(=O)NCc2ccc(NC(=O)CC#N)cc2)c1. The van der Waals surface area contributed by atoms with Gasteiger partial charge in [-0.25, -0.2) is 0 Å². The van der Waals surface area contributed by atoms with Crippen LogP contribution >= 0.6 is 0 Å². The topological polar surface area (TPSA) is 82.0 Å². The van der Waals surface area contributed by atoms with Crippen LogP contribution in [0.1, 0.15) is 29.5 Å². The first-order valence-electron chi connectivity index (χ1n) is 8.15. The van der Waals surface area contributed by atoms with Crippen LogP contribution in [0.4, 0.5) is 5.69 Å². The quantitative estimate of drug-likeness (QED) is 0.816. The van der Waals surface area contributed by atoms with E-state index < -0.39 is 0 Å². The van der Waals surface area contributed by atoms with Crippen molar-refractivity contribution < 1.29 is 9.59 Å². The molecular weight excluding hydrogens is 314 g/mol. The number of anilines is 1. The monoisotopic (exact) mass is 335 g/mol. The summed E-state index contributed by atoms with van der Waals surface area (Å²) in [5.41, 5.74) is 3.93. The van der Waals surface area contributed by atoms with Gasteiger partial charge in [-0.15, -0.1) is 0 Å². The maximum atomic E-state index is 12.0. The lowest BCUT2D eigenvalue weighted by molar-refractivity contribution is -0.121. The van der Waals surface area contributed by atoms with Crippen molar-refractivity contribution in [2.24, 2.45) is 0 Å². The van der Waals surface area contributed by atoms with Crippen LogP contribution in [0.5, 0.6) is 0 Å². The zero-order valence-electron chi connectivity index (χ0n) is 14.2.